The molecule has 8 nitrogen and oxygen atoms in total. The zero-order valence-electron chi connectivity index (χ0n) is 20.5. The van der Waals surface area contributed by atoms with Crippen molar-refractivity contribution in [2.75, 3.05) is 23.9 Å². The summed E-state index contributed by atoms with van der Waals surface area (Å²) in [6.45, 7) is 4.65. The smallest absolute Gasteiger partial charge is 0.314 e. The van der Waals surface area contributed by atoms with Crippen molar-refractivity contribution in [1.82, 2.24) is 15.1 Å². The Hall–Kier alpha value is -2.96. The number of aliphatic hydroxyl groups is 1. The number of hydrogen-bond donors (Lipinski definition) is 1. The molecule has 2 heterocycles. The molecule has 0 bridgehead atoms. The van der Waals surface area contributed by atoms with E-state index >= 15 is 4.39 Å². The molecule has 1 saturated heterocycles. The lowest BCUT2D eigenvalue weighted by molar-refractivity contribution is 0.0305. The Morgan fingerprint density at radius 3 is 2.38 bits per heavy atom. The lowest BCUT2D eigenvalue weighted by Gasteiger charge is -2.37. The molecule has 4 rings (SSSR count). The molecule has 37 heavy (non-hydrogen) atoms. The van der Waals surface area contributed by atoms with E-state index in [0.29, 0.717) is 38.2 Å². The molecule has 0 radical (unpaired) electrons. The fraction of sp³-hybridized carbons (Fsp3) is 0.440. The van der Waals surface area contributed by atoms with E-state index in [2.05, 4.69) is 10.2 Å². The van der Waals surface area contributed by atoms with Gasteiger partial charge in [-0.3, -0.25) is 4.31 Å². The number of benzene rings is 2. The number of alkyl halides is 2. The number of hydrogen-bond acceptors (Lipinski definition) is 7. The molecule has 1 aromatic heterocycles. The van der Waals surface area contributed by atoms with Gasteiger partial charge in [-0.1, -0.05) is 24.3 Å². The van der Waals surface area contributed by atoms with Crippen LogP contribution in [0.25, 0.3) is 11.5 Å². The molecule has 1 fully saturated rings. The van der Waals surface area contributed by atoms with Gasteiger partial charge in [0.05, 0.1) is 23.1 Å². The van der Waals surface area contributed by atoms with Crippen LogP contribution in [0.2, 0.25) is 0 Å². The maximum absolute atomic E-state index is 15.1. The van der Waals surface area contributed by atoms with E-state index in [0.717, 1.165) is 6.07 Å². The topological polar surface area (TPSA) is 99.8 Å². The number of nitrogens with zero attached hydrogens (tertiary/aromatic N) is 4. The second kappa shape index (κ2) is 10.8. The number of para-hydroxylation sites is 1. The minimum atomic E-state index is -3.87. The first-order chi connectivity index (χ1) is 17.4. The largest absolute Gasteiger partial charge is 0.415 e. The highest BCUT2D eigenvalue weighted by Gasteiger charge is 2.36. The Kier molecular flexibility index (Phi) is 7.91. The van der Waals surface area contributed by atoms with E-state index in [9.17, 15) is 22.3 Å². The van der Waals surface area contributed by atoms with Crippen LogP contribution in [-0.2, 0) is 16.6 Å². The molecule has 12 heteroatoms. The standard InChI is InChI=1S/C25H29F3N4O4S/c1-25(2,33)16-31-12-10-20(11-13-31)37(34,35)32(19-6-4-3-5-7-19)15-18-9-8-17(14-21(18)26)23-29-30-24(36-23)22(27)28/h3-9,14,20,22,33H,10-13,15-16H2,1-2H3. The fourth-order valence-electron chi connectivity index (χ4n) is 4.42. The number of likely N-dealkylation sites (tertiary alicyclic amines) is 1. The summed E-state index contributed by atoms with van der Waals surface area (Å²) in [6.07, 6.45) is -2.18. The third-order valence-corrected chi connectivity index (χ3v) is 8.43. The van der Waals surface area contributed by atoms with E-state index in [-0.39, 0.29) is 23.6 Å². The molecule has 2 aromatic carbocycles. The molecule has 0 amide bonds. The molecule has 0 saturated carbocycles. The van der Waals surface area contributed by atoms with Crippen molar-refractivity contribution in [3.05, 3.63) is 65.8 Å². The minimum absolute atomic E-state index is 0.101. The van der Waals surface area contributed by atoms with Crippen LogP contribution in [0, 0.1) is 5.82 Å². The maximum Gasteiger partial charge on any atom is 0.314 e. The highest BCUT2D eigenvalue weighted by atomic mass is 32.2. The number of halogens is 3. The van der Waals surface area contributed by atoms with Crippen molar-refractivity contribution in [1.29, 1.82) is 0 Å². The fourth-order valence-corrected chi connectivity index (χ4v) is 6.32. The normalized spacial score (nSPS) is 15.9. The Labute approximate surface area is 213 Å². The number of β-amino-alcohol motifs (C(OH)–C–C–N with tert-alkyl or cyclic N) is 1. The van der Waals surface area contributed by atoms with Gasteiger partial charge in [0.2, 0.25) is 15.9 Å². The molecule has 0 spiro atoms. The van der Waals surface area contributed by atoms with Crippen LogP contribution in [0.3, 0.4) is 0 Å². The van der Waals surface area contributed by atoms with E-state index in [4.69, 9.17) is 4.42 Å². The van der Waals surface area contributed by atoms with Gasteiger partial charge in [-0.15, -0.1) is 10.2 Å². The molecule has 1 aliphatic rings. The number of anilines is 1. The number of aromatic nitrogens is 2. The molecule has 1 N–H and O–H groups in total. The molecule has 0 aliphatic carbocycles. The monoisotopic (exact) mass is 538 g/mol. The maximum atomic E-state index is 15.1. The Morgan fingerprint density at radius 1 is 1.14 bits per heavy atom. The third-order valence-electron chi connectivity index (χ3n) is 6.16. The molecule has 3 aromatic rings. The lowest BCUT2D eigenvalue weighted by Crippen LogP contribution is -2.48. The summed E-state index contributed by atoms with van der Waals surface area (Å²) in [7, 11) is -3.87. The highest BCUT2D eigenvalue weighted by Crippen LogP contribution is 2.30. The summed E-state index contributed by atoms with van der Waals surface area (Å²) in [5, 5.41) is 16.2. The van der Waals surface area contributed by atoms with Gasteiger partial charge in [-0.2, -0.15) is 8.78 Å². The van der Waals surface area contributed by atoms with Crippen molar-refractivity contribution < 1.29 is 31.1 Å². The average Bonchev–Trinajstić information content (AvgIpc) is 3.34. The van der Waals surface area contributed by atoms with Crippen LogP contribution in [-0.4, -0.2) is 59.1 Å². The second-order valence-electron chi connectivity index (χ2n) is 9.73. The van der Waals surface area contributed by atoms with Crippen LogP contribution >= 0.6 is 0 Å². The average molecular weight is 539 g/mol. The predicted molar refractivity (Wildman–Crippen MR) is 132 cm³/mol. The SMILES string of the molecule is CC(C)(O)CN1CCC(S(=O)(=O)N(Cc2ccc(-c3nnc(C(F)F)o3)cc2F)c2ccccc2)CC1. The highest BCUT2D eigenvalue weighted by molar-refractivity contribution is 7.93. The Morgan fingerprint density at radius 2 is 1.81 bits per heavy atom. The molecular formula is C25H29F3N4O4S. The zero-order chi connectivity index (χ0) is 26.8. The first-order valence-electron chi connectivity index (χ1n) is 11.9. The van der Waals surface area contributed by atoms with E-state index in [1.54, 1.807) is 44.2 Å². The van der Waals surface area contributed by atoms with Crippen molar-refractivity contribution in [2.24, 2.45) is 0 Å². The van der Waals surface area contributed by atoms with Gasteiger partial charge in [-0.05, 0) is 64.0 Å². The summed E-state index contributed by atoms with van der Waals surface area (Å²) in [6, 6.07) is 12.3. The first kappa shape index (κ1) is 27.1. The van der Waals surface area contributed by atoms with Crippen LogP contribution in [0.4, 0.5) is 18.9 Å². The van der Waals surface area contributed by atoms with Gasteiger partial charge in [0.1, 0.15) is 5.82 Å². The molecular weight excluding hydrogens is 509 g/mol. The third kappa shape index (κ3) is 6.49. The van der Waals surface area contributed by atoms with Crippen molar-refractivity contribution in [3.63, 3.8) is 0 Å². The quantitative estimate of drug-likeness (QED) is 0.432. The molecule has 0 atom stereocenters. The zero-order valence-corrected chi connectivity index (χ0v) is 21.3. The van der Waals surface area contributed by atoms with Gasteiger partial charge >= 0.3 is 6.43 Å². The number of sulfonamides is 1. The van der Waals surface area contributed by atoms with E-state index in [1.165, 1.54) is 16.4 Å². The minimum Gasteiger partial charge on any atom is -0.415 e. The summed E-state index contributed by atoms with van der Waals surface area (Å²) < 4.78 is 74.3. The van der Waals surface area contributed by atoms with Crippen LogP contribution in [0.1, 0.15) is 44.6 Å². The second-order valence-corrected chi connectivity index (χ2v) is 11.9. The number of piperidine rings is 1. The lowest BCUT2D eigenvalue weighted by atomic mass is 10.1. The molecule has 1 aliphatic heterocycles. The van der Waals surface area contributed by atoms with Gasteiger partial charge in [0, 0.05) is 17.7 Å². The van der Waals surface area contributed by atoms with Gasteiger partial charge in [-0.25, -0.2) is 12.8 Å². The summed E-state index contributed by atoms with van der Waals surface area (Å²) >= 11 is 0. The summed E-state index contributed by atoms with van der Waals surface area (Å²) in [5.74, 6) is -1.86. The predicted octanol–water partition coefficient (Wildman–Crippen LogP) is 4.39. The van der Waals surface area contributed by atoms with Crippen molar-refractivity contribution in [3.8, 4) is 11.5 Å². The van der Waals surface area contributed by atoms with Crippen LogP contribution < -0.4 is 4.31 Å². The van der Waals surface area contributed by atoms with Gasteiger partial charge in [0.15, 0.2) is 0 Å². The van der Waals surface area contributed by atoms with Gasteiger partial charge in [0.25, 0.3) is 5.89 Å². The summed E-state index contributed by atoms with van der Waals surface area (Å²) in [5.41, 5.74) is -0.269. The summed E-state index contributed by atoms with van der Waals surface area (Å²) in [4.78, 5) is 2.04. The van der Waals surface area contributed by atoms with Crippen LogP contribution in [0.5, 0.6) is 0 Å². The first-order valence-corrected chi connectivity index (χ1v) is 13.4. The van der Waals surface area contributed by atoms with E-state index < -0.39 is 39.0 Å². The van der Waals surface area contributed by atoms with Crippen LogP contribution in [0.15, 0.2) is 52.9 Å². The van der Waals surface area contributed by atoms with Gasteiger partial charge < -0.3 is 14.4 Å². The number of rotatable bonds is 9. The molecule has 200 valence electrons. The van der Waals surface area contributed by atoms with Crippen molar-refractivity contribution in [2.45, 2.75) is 50.5 Å². The Bertz CT molecular complexity index is 1300. The van der Waals surface area contributed by atoms with E-state index in [1.807, 2.05) is 4.90 Å². The Balaban J connectivity index is 1.57. The van der Waals surface area contributed by atoms with Crippen molar-refractivity contribution >= 4 is 15.7 Å². The molecule has 0 unspecified atom stereocenters.